The van der Waals surface area contributed by atoms with E-state index < -0.39 is 12.8 Å². The Bertz CT molecular complexity index is 936. The minimum absolute atomic E-state index is 0.0560. The summed E-state index contributed by atoms with van der Waals surface area (Å²) in [5.74, 6) is -0.265. The Morgan fingerprint density at radius 2 is 1.64 bits per heavy atom. The number of carbonyl (C=O) groups excluding carboxylic acids is 2. The third-order valence-electron chi connectivity index (χ3n) is 5.42. The maximum atomic E-state index is 12.5. The van der Waals surface area contributed by atoms with Gasteiger partial charge in [0.05, 0.1) is 6.61 Å². The minimum atomic E-state index is -4.34. The van der Waals surface area contributed by atoms with E-state index in [4.69, 9.17) is 0 Å². The fraction of sp³-hybridized carbons (Fsp3) is 0.360. The van der Waals surface area contributed by atoms with Gasteiger partial charge in [0.15, 0.2) is 0 Å². The third-order valence-corrected chi connectivity index (χ3v) is 5.42. The zero-order valence-corrected chi connectivity index (χ0v) is 18.2. The van der Waals surface area contributed by atoms with Crippen molar-refractivity contribution in [3.05, 3.63) is 77.4 Å². The molecule has 0 bridgehead atoms. The van der Waals surface area contributed by atoms with Gasteiger partial charge in [-0.25, -0.2) is 0 Å². The average molecular weight is 460 g/mol. The molecule has 1 saturated heterocycles. The van der Waals surface area contributed by atoms with Crippen molar-refractivity contribution in [1.82, 2.24) is 10.2 Å². The fourth-order valence-electron chi connectivity index (χ4n) is 3.57. The van der Waals surface area contributed by atoms with Crippen LogP contribution in [0.5, 0.6) is 0 Å². The summed E-state index contributed by atoms with van der Waals surface area (Å²) in [5.41, 5.74) is 2.44. The standard InChI is InChI=1S/C25H27F3N2O3/c26-25(27,28)18-33-17-21-8-6-20(7-9-21)16-29-24(32)22-12-14-30(15-13-22)23(31)11-10-19-4-2-1-3-5-19/h1-11,22H,12-18H2,(H,29,32)/b11-10-. The van der Waals surface area contributed by atoms with Gasteiger partial charge >= 0.3 is 6.18 Å². The van der Waals surface area contributed by atoms with Crippen LogP contribution in [0.4, 0.5) is 13.2 Å². The molecule has 33 heavy (non-hydrogen) atoms. The van der Waals surface area contributed by atoms with Crippen molar-refractivity contribution in [3.8, 4) is 0 Å². The lowest BCUT2D eigenvalue weighted by Gasteiger charge is -2.30. The molecule has 5 nitrogen and oxygen atoms in total. The van der Waals surface area contributed by atoms with Crippen molar-refractivity contribution >= 4 is 17.9 Å². The molecule has 8 heteroatoms. The van der Waals surface area contributed by atoms with E-state index in [1.165, 1.54) is 0 Å². The van der Waals surface area contributed by atoms with Gasteiger partial charge in [-0.15, -0.1) is 0 Å². The lowest BCUT2D eigenvalue weighted by atomic mass is 9.95. The predicted octanol–water partition coefficient (Wildman–Crippen LogP) is 4.33. The number of nitrogens with zero attached hydrogens (tertiary/aromatic N) is 1. The van der Waals surface area contributed by atoms with Gasteiger partial charge in [0.25, 0.3) is 0 Å². The van der Waals surface area contributed by atoms with Gasteiger partial charge in [-0.2, -0.15) is 13.2 Å². The molecule has 0 saturated carbocycles. The van der Waals surface area contributed by atoms with Crippen LogP contribution in [0.25, 0.3) is 6.08 Å². The highest BCUT2D eigenvalue weighted by atomic mass is 19.4. The van der Waals surface area contributed by atoms with E-state index in [2.05, 4.69) is 10.1 Å². The Labute approximate surface area is 191 Å². The first-order valence-electron chi connectivity index (χ1n) is 10.8. The summed E-state index contributed by atoms with van der Waals surface area (Å²) in [7, 11) is 0. The van der Waals surface area contributed by atoms with E-state index in [1.54, 1.807) is 41.3 Å². The topological polar surface area (TPSA) is 58.6 Å². The van der Waals surface area contributed by atoms with Gasteiger partial charge in [-0.1, -0.05) is 54.6 Å². The van der Waals surface area contributed by atoms with Crippen molar-refractivity contribution in [2.75, 3.05) is 19.7 Å². The second-order valence-electron chi connectivity index (χ2n) is 7.99. The predicted molar refractivity (Wildman–Crippen MR) is 119 cm³/mol. The first kappa shape index (κ1) is 24.5. The maximum Gasteiger partial charge on any atom is 0.411 e. The molecule has 176 valence electrons. The lowest BCUT2D eigenvalue weighted by molar-refractivity contribution is -0.176. The lowest BCUT2D eigenvalue weighted by Crippen LogP contribution is -2.42. The van der Waals surface area contributed by atoms with E-state index in [0.717, 1.165) is 11.1 Å². The van der Waals surface area contributed by atoms with Crippen molar-refractivity contribution in [2.45, 2.75) is 32.2 Å². The van der Waals surface area contributed by atoms with Gasteiger partial charge in [-0.3, -0.25) is 9.59 Å². The van der Waals surface area contributed by atoms with E-state index >= 15 is 0 Å². The number of nitrogens with one attached hydrogen (secondary N) is 1. The number of carbonyl (C=O) groups is 2. The van der Waals surface area contributed by atoms with Crippen LogP contribution in [0.1, 0.15) is 29.5 Å². The molecule has 0 unspecified atom stereocenters. The Morgan fingerprint density at radius 3 is 2.27 bits per heavy atom. The number of amides is 2. The van der Waals surface area contributed by atoms with Gasteiger partial charge in [0.2, 0.25) is 11.8 Å². The first-order valence-corrected chi connectivity index (χ1v) is 10.8. The first-order chi connectivity index (χ1) is 15.8. The van der Waals surface area contributed by atoms with Gasteiger partial charge in [0.1, 0.15) is 6.61 Å². The summed E-state index contributed by atoms with van der Waals surface area (Å²) in [5, 5.41) is 2.91. The van der Waals surface area contributed by atoms with Crippen molar-refractivity contribution in [2.24, 2.45) is 5.92 Å². The summed E-state index contributed by atoms with van der Waals surface area (Å²) in [6, 6.07) is 16.5. The molecule has 1 N–H and O–H groups in total. The Kier molecular flexibility index (Phi) is 8.65. The molecule has 1 aliphatic rings. The highest BCUT2D eigenvalue weighted by Gasteiger charge is 2.27. The number of rotatable bonds is 8. The summed E-state index contributed by atoms with van der Waals surface area (Å²) >= 11 is 0. The van der Waals surface area contributed by atoms with Crippen LogP contribution in [0, 0.1) is 5.92 Å². The normalized spacial score (nSPS) is 15.1. The highest BCUT2D eigenvalue weighted by Crippen LogP contribution is 2.19. The van der Waals surface area contributed by atoms with Crippen LogP contribution in [-0.2, 0) is 27.5 Å². The van der Waals surface area contributed by atoms with Crippen LogP contribution in [-0.4, -0.2) is 42.6 Å². The van der Waals surface area contributed by atoms with Crippen molar-refractivity contribution < 1.29 is 27.5 Å². The molecule has 0 atom stereocenters. The van der Waals surface area contributed by atoms with E-state index in [9.17, 15) is 22.8 Å². The minimum Gasteiger partial charge on any atom is -0.367 e. The van der Waals surface area contributed by atoms with Gasteiger partial charge in [0, 0.05) is 31.6 Å². The zero-order valence-electron chi connectivity index (χ0n) is 18.2. The summed E-state index contributed by atoms with van der Waals surface area (Å²) in [4.78, 5) is 26.6. The largest absolute Gasteiger partial charge is 0.411 e. The second-order valence-corrected chi connectivity index (χ2v) is 7.99. The smallest absolute Gasteiger partial charge is 0.367 e. The Morgan fingerprint density at radius 1 is 1.00 bits per heavy atom. The van der Waals surface area contributed by atoms with Crippen LogP contribution >= 0.6 is 0 Å². The summed E-state index contributed by atoms with van der Waals surface area (Å²) < 4.78 is 41.0. The molecular formula is C25H27F3N2O3. The molecular weight excluding hydrogens is 433 g/mol. The third kappa shape index (κ3) is 8.38. The van der Waals surface area contributed by atoms with Crippen LogP contribution in [0.3, 0.4) is 0 Å². The molecule has 0 aromatic heterocycles. The summed E-state index contributed by atoms with van der Waals surface area (Å²) in [6.45, 7) is -0.00462. The van der Waals surface area contributed by atoms with Crippen LogP contribution in [0.15, 0.2) is 60.7 Å². The van der Waals surface area contributed by atoms with Gasteiger partial charge in [-0.05, 0) is 35.6 Å². The fourth-order valence-corrected chi connectivity index (χ4v) is 3.57. The molecule has 1 fully saturated rings. The van der Waals surface area contributed by atoms with Crippen molar-refractivity contribution in [3.63, 3.8) is 0 Å². The van der Waals surface area contributed by atoms with E-state index in [-0.39, 0.29) is 24.3 Å². The molecule has 2 aromatic carbocycles. The number of halogens is 3. The number of benzene rings is 2. The molecule has 0 spiro atoms. The molecule has 3 rings (SSSR count). The van der Waals surface area contributed by atoms with Crippen LogP contribution in [0.2, 0.25) is 0 Å². The molecule has 2 aromatic rings. The Hall–Kier alpha value is -3.13. The number of piperidine rings is 1. The zero-order chi connectivity index (χ0) is 23.7. The van der Waals surface area contributed by atoms with E-state index in [0.29, 0.717) is 38.0 Å². The van der Waals surface area contributed by atoms with Crippen molar-refractivity contribution in [1.29, 1.82) is 0 Å². The average Bonchev–Trinajstić information content (AvgIpc) is 2.82. The molecule has 0 radical (unpaired) electrons. The SMILES string of the molecule is O=C(NCc1ccc(COCC(F)(F)F)cc1)C1CCN(C(=O)/C=C\c2ccccc2)CC1. The quantitative estimate of drug-likeness (QED) is 0.597. The molecule has 2 amide bonds. The highest BCUT2D eigenvalue weighted by molar-refractivity contribution is 5.92. The number of likely N-dealkylation sites (tertiary alicyclic amines) is 1. The monoisotopic (exact) mass is 460 g/mol. The second kappa shape index (κ2) is 11.7. The van der Waals surface area contributed by atoms with Gasteiger partial charge < -0.3 is 15.0 Å². The van der Waals surface area contributed by atoms with E-state index in [1.807, 2.05) is 30.3 Å². The summed E-state index contributed by atoms with van der Waals surface area (Å²) in [6.07, 6.45) is 0.216. The Balaban J connectivity index is 1.38. The number of ether oxygens (including phenoxy) is 1. The van der Waals surface area contributed by atoms with Crippen LogP contribution < -0.4 is 5.32 Å². The molecule has 1 heterocycles. The molecule has 0 aliphatic carbocycles. The number of hydrogen-bond donors (Lipinski definition) is 1. The molecule has 1 aliphatic heterocycles. The number of alkyl halides is 3. The number of hydrogen-bond acceptors (Lipinski definition) is 3. The maximum absolute atomic E-state index is 12.5.